The summed E-state index contributed by atoms with van der Waals surface area (Å²) in [6, 6.07) is 5.24. The lowest BCUT2D eigenvalue weighted by Gasteiger charge is -2.24. The summed E-state index contributed by atoms with van der Waals surface area (Å²) in [6.07, 6.45) is 3.96. The average Bonchev–Trinajstić information content (AvgIpc) is 2.74. The van der Waals surface area contributed by atoms with E-state index in [2.05, 4.69) is 0 Å². The first kappa shape index (κ1) is 22.2. The van der Waals surface area contributed by atoms with Crippen LogP contribution in [0, 0.1) is 0 Å². The van der Waals surface area contributed by atoms with Gasteiger partial charge in [-0.15, -0.1) is 0 Å². The average molecular weight is 396 g/mol. The molecule has 1 unspecified atom stereocenters. The van der Waals surface area contributed by atoms with Gasteiger partial charge in [0.15, 0.2) is 19.9 Å². The van der Waals surface area contributed by atoms with Gasteiger partial charge in [-0.1, -0.05) is 0 Å². The molecule has 0 spiro atoms. The van der Waals surface area contributed by atoms with Crippen molar-refractivity contribution in [2.45, 2.75) is 25.6 Å². The van der Waals surface area contributed by atoms with Crippen molar-refractivity contribution in [1.29, 1.82) is 0 Å². The molecule has 0 saturated carbocycles. The van der Waals surface area contributed by atoms with Gasteiger partial charge in [-0.25, -0.2) is 4.79 Å². The van der Waals surface area contributed by atoms with Crippen LogP contribution in [0.1, 0.15) is 24.8 Å². The molecule has 0 amide bonds. The summed E-state index contributed by atoms with van der Waals surface area (Å²) in [7, 11) is 4.39. The Morgan fingerprint density at radius 1 is 1.14 bits per heavy atom. The molecule has 0 N–H and O–H groups in total. The molecule has 0 bridgehead atoms. The van der Waals surface area contributed by atoms with E-state index in [0.29, 0.717) is 29.2 Å². The summed E-state index contributed by atoms with van der Waals surface area (Å²) >= 11 is 0. The summed E-state index contributed by atoms with van der Waals surface area (Å²) in [5.74, 6) is 0.588. The van der Waals surface area contributed by atoms with Crippen LogP contribution in [-0.2, 0) is 28.5 Å². The maximum absolute atomic E-state index is 11.9. The Hall–Kier alpha value is -2.13. The molecule has 8 heteroatoms. The minimum Gasteiger partial charge on any atom is -0.468 e. The van der Waals surface area contributed by atoms with E-state index < -0.39 is 5.97 Å². The number of carbonyl (C=O) groups excluding carboxylic acids is 1. The Balaban J connectivity index is 2.28. The third kappa shape index (κ3) is 7.12. The van der Waals surface area contributed by atoms with Gasteiger partial charge in [0.2, 0.25) is 0 Å². The third-order valence-corrected chi connectivity index (χ3v) is 4.03. The molecule has 28 heavy (non-hydrogen) atoms. The van der Waals surface area contributed by atoms with Gasteiger partial charge >= 0.3 is 5.97 Å². The number of hydrogen-bond donors (Lipinski definition) is 0. The van der Waals surface area contributed by atoms with E-state index >= 15 is 0 Å². The van der Waals surface area contributed by atoms with E-state index in [1.165, 1.54) is 27.4 Å². The molecule has 1 heterocycles. The molecule has 1 aromatic rings. The normalized spacial score (nSPS) is 17.2. The summed E-state index contributed by atoms with van der Waals surface area (Å²) in [4.78, 5) is 11.9. The van der Waals surface area contributed by atoms with E-state index in [4.69, 9.17) is 33.2 Å². The first-order chi connectivity index (χ1) is 13.7. The molecule has 0 radical (unpaired) electrons. The van der Waals surface area contributed by atoms with Gasteiger partial charge in [-0.2, -0.15) is 0 Å². The van der Waals surface area contributed by atoms with Gasteiger partial charge in [0.25, 0.3) is 0 Å². The van der Waals surface area contributed by atoms with E-state index in [0.717, 1.165) is 19.3 Å². The van der Waals surface area contributed by atoms with Crippen molar-refractivity contribution in [2.75, 3.05) is 48.1 Å². The molecule has 8 nitrogen and oxygen atoms in total. The standard InChI is InChI=1S/C20H28O8/c1-22-13-27-16-7-8-18(28-14-23-2)17(11-16)15(10-19(21)24-3)12-26-20-6-4-5-9-25-20/h7-8,10-11,20H,4-6,9,12-14H2,1-3H3/b15-10-. The van der Waals surface area contributed by atoms with Crippen LogP contribution in [0.4, 0.5) is 0 Å². The number of benzene rings is 1. The first-order valence-corrected chi connectivity index (χ1v) is 9.07. The van der Waals surface area contributed by atoms with Gasteiger partial charge in [0.05, 0.1) is 13.7 Å². The molecule has 0 aliphatic carbocycles. The highest BCUT2D eigenvalue weighted by Gasteiger charge is 2.18. The fraction of sp³-hybridized carbons (Fsp3) is 0.550. The van der Waals surface area contributed by atoms with Crippen molar-refractivity contribution in [3.63, 3.8) is 0 Å². The zero-order chi connectivity index (χ0) is 20.2. The number of esters is 1. The van der Waals surface area contributed by atoms with Crippen LogP contribution in [0.5, 0.6) is 11.5 Å². The SMILES string of the molecule is COCOc1ccc(OCOC)c(/C(=C\C(=O)OC)COC2CCCCO2)c1. The fourth-order valence-corrected chi connectivity index (χ4v) is 2.65. The molecule has 1 atom stereocenters. The number of hydrogen-bond acceptors (Lipinski definition) is 8. The van der Waals surface area contributed by atoms with E-state index in [1.807, 2.05) is 0 Å². The van der Waals surface area contributed by atoms with Crippen LogP contribution in [0.2, 0.25) is 0 Å². The van der Waals surface area contributed by atoms with Crippen LogP contribution >= 0.6 is 0 Å². The van der Waals surface area contributed by atoms with Gasteiger partial charge < -0.3 is 33.2 Å². The predicted molar refractivity (Wildman–Crippen MR) is 101 cm³/mol. The number of rotatable bonds is 11. The first-order valence-electron chi connectivity index (χ1n) is 9.07. The lowest BCUT2D eigenvalue weighted by molar-refractivity contribution is -0.154. The predicted octanol–water partition coefficient (Wildman–Crippen LogP) is 2.75. The van der Waals surface area contributed by atoms with Gasteiger partial charge in [-0.05, 0) is 43.0 Å². The molecule has 156 valence electrons. The highest BCUT2D eigenvalue weighted by Crippen LogP contribution is 2.31. The molecular formula is C20H28O8. The second kappa shape index (κ2) is 12.4. The Morgan fingerprint density at radius 3 is 2.61 bits per heavy atom. The lowest BCUT2D eigenvalue weighted by atomic mass is 10.0. The quantitative estimate of drug-likeness (QED) is 0.321. The van der Waals surface area contributed by atoms with E-state index in [1.54, 1.807) is 18.2 Å². The Kier molecular flexibility index (Phi) is 9.78. The minimum absolute atomic E-state index is 0.0589. The van der Waals surface area contributed by atoms with Crippen molar-refractivity contribution < 1.29 is 38.0 Å². The Bertz CT molecular complexity index is 637. The molecule has 0 aromatic heterocycles. The van der Waals surface area contributed by atoms with Crippen LogP contribution in [0.3, 0.4) is 0 Å². The van der Waals surface area contributed by atoms with Crippen LogP contribution < -0.4 is 9.47 Å². The van der Waals surface area contributed by atoms with E-state index in [-0.39, 0.29) is 26.5 Å². The summed E-state index contributed by atoms with van der Waals surface area (Å²) in [5.41, 5.74) is 1.21. The summed E-state index contributed by atoms with van der Waals surface area (Å²) < 4.78 is 37.4. The van der Waals surface area contributed by atoms with Crippen LogP contribution in [0.15, 0.2) is 24.3 Å². The van der Waals surface area contributed by atoms with Crippen molar-refractivity contribution in [2.24, 2.45) is 0 Å². The fourth-order valence-electron chi connectivity index (χ4n) is 2.65. The number of ether oxygens (including phenoxy) is 7. The van der Waals surface area contributed by atoms with Crippen LogP contribution in [-0.4, -0.2) is 60.4 Å². The Morgan fingerprint density at radius 2 is 1.93 bits per heavy atom. The summed E-state index contributed by atoms with van der Waals surface area (Å²) in [5, 5.41) is 0. The molecule has 1 aliphatic rings. The Labute approximate surface area is 165 Å². The second-order valence-corrected chi connectivity index (χ2v) is 6.06. The van der Waals surface area contributed by atoms with Gasteiger partial charge in [0.1, 0.15) is 11.5 Å². The van der Waals surface area contributed by atoms with Gasteiger partial charge in [-0.3, -0.25) is 0 Å². The lowest BCUT2D eigenvalue weighted by Crippen LogP contribution is -2.23. The number of methoxy groups -OCH3 is 3. The largest absolute Gasteiger partial charge is 0.468 e. The molecule has 1 aromatic carbocycles. The van der Waals surface area contributed by atoms with Crippen molar-refractivity contribution in [3.05, 3.63) is 29.8 Å². The maximum atomic E-state index is 11.9. The zero-order valence-electron chi connectivity index (χ0n) is 16.6. The van der Waals surface area contributed by atoms with Crippen molar-refractivity contribution in [1.82, 2.24) is 0 Å². The molecule has 1 fully saturated rings. The maximum Gasteiger partial charge on any atom is 0.330 e. The van der Waals surface area contributed by atoms with Gasteiger partial charge in [0, 0.05) is 32.5 Å². The van der Waals surface area contributed by atoms with Crippen molar-refractivity contribution in [3.8, 4) is 11.5 Å². The zero-order valence-corrected chi connectivity index (χ0v) is 16.6. The minimum atomic E-state index is -0.496. The van der Waals surface area contributed by atoms with E-state index in [9.17, 15) is 4.79 Å². The topological polar surface area (TPSA) is 81.7 Å². The molecule has 1 aliphatic heterocycles. The molecular weight excluding hydrogens is 368 g/mol. The molecule has 2 rings (SSSR count). The smallest absolute Gasteiger partial charge is 0.330 e. The van der Waals surface area contributed by atoms with Crippen LogP contribution in [0.25, 0.3) is 5.57 Å². The third-order valence-electron chi connectivity index (χ3n) is 4.03. The highest BCUT2D eigenvalue weighted by molar-refractivity contribution is 5.92. The highest BCUT2D eigenvalue weighted by atomic mass is 16.7. The second-order valence-electron chi connectivity index (χ2n) is 6.06. The molecule has 1 saturated heterocycles. The number of carbonyl (C=O) groups is 1. The monoisotopic (exact) mass is 396 g/mol. The van der Waals surface area contributed by atoms with Crippen molar-refractivity contribution >= 4 is 11.5 Å². The summed E-state index contributed by atoms with van der Waals surface area (Å²) in [6.45, 7) is 0.976.